The first-order valence-corrected chi connectivity index (χ1v) is 13.2. The predicted molar refractivity (Wildman–Crippen MR) is 130 cm³/mol. The number of hydrogen-bond donors (Lipinski definition) is 13. The Bertz CT molecular complexity index is 942. The van der Waals surface area contributed by atoms with E-state index in [2.05, 4.69) is 5.32 Å². The summed E-state index contributed by atoms with van der Waals surface area (Å²) in [5.74, 6) is -5.74. The van der Waals surface area contributed by atoms with Crippen molar-refractivity contribution < 1.29 is 94.6 Å². The molecule has 0 aromatic heterocycles. The number of aliphatic carboxylic acids is 1. The summed E-state index contributed by atoms with van der Waals surface area (Å²) < 4.78 is 26.8. The van der Waals surface area contributed by atoms with Crippen LogP contribution < -0.4 is 5.32 Å². The number of aliphatic hydroxyl groups excluding tert-OH is 11. The van der Waals surface area contributed by atoms with E-state index in [-0.39, 0.29) is 0 Å². The topological polar surface area (TPSA) is 335 Å². The van der Waals surface area contributed by atoms with Crippen molar-refractivity contribution in [2.24, 2.45) is 0 Å². The van der Waals surface area contributed by atoms with Crippen molar-refractivity contribution in [3.63, 3.8) is 0 Å². The van der Waals surface area contributed by atoms with E-state index >= 15 is 0 Å². The van der Waals surface area contributed by atoms with Crippen LogP contribution >= 0.6 is 0 Å². The average Bonchev–Trinajstić information content (AvgIpc) is 2.96. The molecule has 20 nitrogen and oxygen atoms in total. The fourth-order valence-corrected chi connectivity index (χ4v) is 5.16. The summed E-state index contributed by atoms with van der Waals surface area (Å²) in [6.07, 6.45) is -27.8. The predicted octanol–water partition coefficient (Wildman–Crippen LogP) is -8.22. The molecule has 0 spiro atoms. The van der Waals surface area contributed by atoms with Gasteiger partial charge in [0.15, 0.2) is 12.6 Å². The Kier molecular flexibility index (Phi) is 12.1. The molecule has 3 fully saturated rings. The Labute approximate surface area is 243 Å². The monoisotopic (exact) mass is 633 g/mol. The van der Waals surface area contributed by atoms with Crippen LogP contribution in [0.3, 0.4) is 0 Å². The standard InChI is InChI=1S/C23H39NO19/c1-6(28)24-11-7(29)2-23(22(37)38,42-18(11)12(31)8(30)3-25)43-19-13(32)9(4-26)40-21(16(19)35)41-17-10(5-27)39-20(36)15(34)14(17)33/h7-21,25-27,29-36H,2-5H2,1H3,(H,24,28)(H,37,38)/t7-,8-,9?,10?,11-,12-,13+,14?,15?,16?,17-,18?,19?,20-,21+,23+/m1/s1. The number of amides is 1. The summed E-state index contributed by atoms with van der Waals surface area (Å²) in [6, 6.07) is -1.54. The van der Waals surface area contributed by atoms with Gasteiger partial charge in [0.1, 0.15) is 67.1 Å². The molecular weight excluding hydrogens is 594 g/mol. The summed E-state index contributed by atoms with van der Waals surface area (Å²) in [6.45, 7) is -1.85. The second-order valence-electron chi connectivity index (χ2n) is 10.5. The van der Waals surface area contributed by atoms with Crippen molar-refractivity contribution in [1.29, 1.82) is 0 Å². The Morgan fingerprint density at radius 1 is 0.907 bits per heavy atom. The maximum atomic E-state index is 12.5. The Morgan fingerprint density at radius 2 is 1.53 bits per heavy atom. The molecule has 3 rings (SSSR count). The van der Waals surface area contributed by atoms with Crippen LogP contribution in [0.4, 0.5) is 0 Å². The number of aliphatic hydroxyl groups is 11. The van der Waals surface area contributed by atoms with Crippen LogP contribution in [0.5, 0.6) is 0 Å². The molecule has 3 aliphatic heterocycles. The number of carbonyl (C=O) groups is 2. The molecule has 3 aliphatic rings. The third kappa shape index (κ3) is 7.41. The minimum absolute atomic E-state index is 0.749. The van der Waals surface area contributed by atoms with E-state index in [9.17, 15) is 70.9 Å². The van der Waals surface area contributed by atoms with Crippen molar-refractivity contribution in [3.05, 3.63) is 0 Å². The molecule has 20 heteroatoms. The molecule has 1 amide bonds. The molecule has 0 aromatic carbocycles. The second kappa shape index (κ2) is 14.6. The molecule has 16 atom stereocenters. The van der Waals surface area contributed by atoms with Gasteiger partial charge < -0.3 is 90.3 Å². The molecule has 3 heterocycles. The van der Waals surface area contributed by atoms with E-state index in [1.807, 2.05) is 0 Å². The largest absolute Gasteiger partial charge is 0.477 e. The smallest absolute Gasteiger partial charge is 0.364 e. The third-order valence-corrected chi connectivity index (χ3v) is 7.47. The lowest BCUT2D eigenvalue weighted by Gasteiger charge is -2.50. The van der Waals surface area contributed by atoms with Crippen LogP contribution in [0, 0.1) is 0 Å². The van der Waals surface area contributed by atoms with Gasteiger partial charge in [-0.25, -0.2) is 4.79 Å². The van der Waals surface area contributed by atoms with Crippen molar-refractivity contribution >= 4 is 11.9 Å². The molecule has 250 valence electrons. The first-order chi connectivity index (χ1) is 20.1. The van der Waals surface area contributed by atoms with Crippen molar-refractivity contribution in [2.75, 3.05) is 19.8 Å². The number of carboxylic acids is 1. The number of hydrogen-bond acceptors (Lipinski definition) is 18. The van der Waals surface area contributed by atoms with Gasteiger partial charge in [0.25, 0.3) is 5.79 Å². The lowest BCUT2D eigenvalue weighted by atomic mass is 9.88. The van der Waals surface area contributed by atoms with Gasteiger partial charge in [0.05, 0.1) is 32.0 Å². The number of ether oxygens (including phenoxy) is 5. The first kappa shape index (κ1) is 35.8. The van der Waals surface area contributed by atoms with Gasteiger partial charge in [-0.2, -0.15) is 0 Å². The van der Waals surface area contributed by atoms with Crippen molar-refractivity contribution in [2.45, 2.75) is 111 Å². The Morgan fingerprint density at radius 3 is 2.07 bits per heavy atom. The molecule has 7 unspecified atom stereocenters. The highest BCUT2D eigenvalue weighted by atomic mass is 16.8. The zero-order chi connectivity index (χ0) is 32.4. The zero-order valence-corrected chi connectivity index (χ0v) is 22.7. The molecule has 0 aromatic rings. The summed E-state index contributed by atoms with van der Waals surface area (Å²) in [5, 5.41) is 124. The van der Waals surface area contributed by atoms with E-state index in [4.69, 9.17) is 23.7 Å². The van der Waals surface area contributed by atoms with Crippen LogP contribution in [0.25, 0.3) is 0 Å². The fourth-order valence-electron chi connectivity index (χ4n) is 5.16. The van der Waals surface area contributed by atoms with Crippen molar-refractivity contribution in [1.82, 2.24) is 5.32 Å². The normalized spacial score (nSPS) is 45.3. The molecule has 0 saturated carbocycles. The molecule has 43 heavy (non-hydrogen) atoms. The average molecular weight is 634 g/mol. The zero-order valence-electron chi connectivity index (χ0n) is 22.7. The number of nitrogens with one attached hydrogen (secondary N) is 1. The number of carboxylic acid groups (broad SMARTS) is 1. The van der Waals surface area contributed by atoms with Crippen LogP contribution in [0.2, 0.25) is 0 Å². The highest BCUT2D eigenvalue weighted by Crippen LogP contribution is 2.38. The van der Waals surface area contributed by atoms with Crippen molar-refractivity contribution in [3.8, 4) is 0 Å². The van der Waals surface area contributed by atoms with Gasteiger partial charge in [0.2, 0.25) is 5.91 Å². The number of rotatable bonds is 11. The van der Waals surface area contributed by atoms with E-state index in [1.165, 1.54) is 0 Å². The fraction of sp³-hybridized carbons (Fsp3) is 0.913. The minimum Gasteiger partial charge on any atom is -0.477 e. The van der Waals surface area contributed by atoms with Gasteiger partial charge in [0, 0.05) is 13.3 Å². The van der Waals surface area contributed by atoms with Gasteiger partial charge >= 0.3 is 5.97 Å². The summed E-state index contributed by atoms with van der Waals surface area (Å²) >= 11 is 0. The van der Waals surface area contributed by atoms with Gasteiger partial charge in [-0.3, -0.25) is 4.79 Å². The second-order valence-corrected chi connectivity index (χ2v) is 10.5. The summed E-state index contributed by atoms with van der Waals surface area (Å²) in [5.41, 5.74) is 0. The van der Waals surface area contributed by atoms with Gasteiger partial charge in [-0.05, 0) is 0 Å². The van der Waals surface area contributed by atoms with Crippen LogP contribution in [0.1, 0.15) is 13.3 Å². The van der Waals surface area contributed by atoms with Crippen LogP contribution in [-0.4, -0.2) is 191 Å². The van der Waals surface area contributed by atoms with Crippen LogP contribution in [-0.2, 0) is 33.3 Å². The van der Waals surface area contributed by atoms with E-state index in [1.54, 1.807) is 0 Å². The quantitative estimate of drug-likeness (QED) is 0.100. The van der Waals surface area contributed by atoms with E-state index in [0.29, 0.717) is 0 Å². The molecule has 0 radical (unpaired) electrons. The van der Waals surface area contributed by atoms with Crippen LogP contribution in [0.15, 0.2) is 0 Å². The highest BCUT2D eigenvalue weighted by molar-refractivity contribution is 5.76. The molecule has 13 N–H and O–H groups in total. The molecule has 0 bridgehead atoms. The highest BCUT2D eigenvalue weighted by Gasteiger charge is 2.60. The van der Waals surface area contributed by atoms with E-state index < -0.39 is 136 Å². The number of carbonyl (C=O) groups excluding carboxylic acids is 1. The Balaban J connectivity index is 1.94. The minimum atomic E-state index is -3.02. The Hall–Kier alpha value is -1.70. The first-order valence-electron chi connectivity index (χ1n) is 13.2. The maximum absolute atomic E-state index is 12.5. The lowest BCUT2D eigenvalue weighted by Crippen LogP contribution is -2.70. The summed E-state index contributed by atoms with van der Waals surface area (Å²) in [7, 11) is 0. The molecular formula is C23H39NO19. The van der Waals surface area contributed by atoms with E-state index in [0.717, 1.165) is 6.92 Å². The molecule has 0 aliphatic carbocycles. The lowest BCUT2D eigenvalue weighted by molar-refractivity contribution is -0.385. The third-order valence-electron chi connectivity index (χ3n) is 7.47. The van der Waals surface area contributed by atoms with Gasteiger partial charge in [-0.15, -0.1) is 0 Å². The summed E-state index contributed by atoms with van der Waals surface area (Å²) in [4.78, 5) is 24.3. The van der Waals surface area contributed by atoms with Gasteiger partial charge in [-0.1, -0.05) is 0 Å². The maximum Gasteiger partial charge on any atom is 0.364 e. The SMILES string of the molecule is CC(=O)N[C@H]1C([C@H](O)[C@H](O)CO)O[C@@](OC2C(O)[C@H](O[C@@H]3C(CO)O[C@@H](O)C(O)C3O)OC(CO)[C@@H]2O)(C(=O)O)C[C@H]1O. The molecule has 3 saturated heterocycles.